The second-order valence-corrected chi connectivity index (χ2v) is 5.08. The fourth-order valence-electron chi connectivity index (χ4n) is 1.51. The fourth-order valence-corrected chi connectivity index (χ4v) is 2.16. The second kappa shape index (κ2) is 6.88. The van der Waals surface area contributed by atoms with E-state index in [1.807, 2.05) is 17.5 Å². The van der Waals surface area contributed by atoms with Gasteiger partial charge < -0.3 is 20.2 Å². The van der Waals surface area contributed by atoms with Crippen molar-refractivity contribution in [3.63, 3.8) is 0 Å². The largest absolute Gasteiger partial charge is 0.472 e. The number of furan rings is 1. The Bertz CT molecular complexity index is 551. The van der Waals surface area contributed by atoms with Crippen LogP contribution in [0.5, 0.6) is 0 Å². The molecule has 1 unspecified atom stereocenters. The maximum atomic E-state index is 11.5. The molecule has 6 nitrogen and oxygen atoms in total. The number of amides is 2. The van der Waals surface area contributed by atoms with Crippen LogP contribution in [0.3, 0.4) is 0 Å². The van der Waals surface area contributed by atoms with Gasteiger partial charge in [0.15, 0.2) is 0 Å². The molecule has 2 rings (SSSR count). The van der Waals surface area contributed by atoms with Gasteiger partial charge in [0.25, 0.3) is 0 Å². The van der Waals surface area contributed by atoms with Gasteiger partial charge in [-0.1, -0.05) is 6.07 Å². The number of aliphatic hydroxyl groups is 1. The van der Waals surface area contributed by atoms with Crippen LogP contribution < -0.4 is 10.6 Å². The fraction of sp³-hybridized carbons (Fsp3) is 0.231. The summed E-state index contributed by atoms with van der Waals surface area (Å²) in [5.41, 5.74) is 0.546. The van der Waals surface area contributed by atoms with Gasteiger partial charge in [-0.05, 0) is 17.5 Å². The third-order valence-corrected chi connectivity index (χ3v) is 3.47. The molecule has 20 heavy (non-hydrogen) atoms. The Hall–Kier alpha value is -2.12. The number of hydrogen-bond acceptors (Lipinski definition) is 5. The first-order valence-electron chi connectivity index (χ1n) is 5.95. The zero-order chi connectivity index (χ0) is 14.4. The molecule has 0 radical (unpaired) electrons. The predicted molar refractivity (Wildman–Crippen MR) is 72.8 cm³/mol. The van der Waals surface area contributed by atoms with Gasteiger partial charge in [0.05, 0.1) is 25.2 Å². The minimum absolute atomic E-state index is 0.0508. The van der Waals surface area contributed by atoms with Crippen molar-refractivity contribution in [2.24, 2.45) is 0 Å². The highest BCUT2D eigenvalue weighted by molar-refractivity contribution is 7.09. The molecule has 0 saturated heterocycles. The first-order chi connectivity index (χ1) is 9.66. The normalized spacial score (nSPS) is 11.8. The first kappa shape index (κ1) is 14.3. The Balaban J connectivity index is 1.72. The first-order valence-corrected chi connectivity index (χ1v) is 6.83. The summed E-state index contributed by atoms with van der Waals surface area (Å²) in [6.45, 7) is 0.263. The maximum absolute atomic E-state index is 11.5. The number of hydrogen-bond donors (Lipinski definition) is 3. The Morgan fingerprint density at radius 3 is 2.75 bits per heavy atom. The molecule has 2 amide bonds. The highest BCUT2D eigenvalue weighted by Gasteiger charge is 2.16. The van der Waals surface area contributed by atoms with Crippen molar-refractivity contribution in [2.45, 2.75) is 12.6 Å². The van der Waals surface area contributed by atoms with E-state index in [9.17, 15) is 14.7 Å². The van der Waals surface area contributed by atoms with Crippen molar-refractivity contribution in [1.29, 1.82) is 0 Å². The Labute approximate surface area is 119 Å². The third-order valence-electron chi connectivity index (χ3n) is 2.59. The molecule has 0 fully saturated rings. The van der Waals surface area contributed by atoms with Crippen LogP contribution in [0.25, 0.3) is 0 Å². The zero-order valence-corrected chi connectivity index (χ0v) is 11.4. The summed E-state index contributed by atoms with van der Waals surface area (Å²) < 4.78 is 4.82. The predicted octanol–water partition coefficient (Wildman–Crippen LogP) is 0.807. The minimum atomic E-state index is -0.900. The molecule has 7 heteroatoms. The van der Waals surface area contributed by atoms with Crippen molar-refractivity contribution in [3.05, 3.63) is 46.5 Å². The maximum Gasteiger partial charge on any atom is 0.309 e. The lowest BCUT2D eigenvalue weighted by atomic mass is 10.2. The third kappa shape index (κ3) is 3.94. The van der Waals surface area contributed by atoms with Gasteiger partial charge in [-0.2, -0.15) is 0 Å². The molecule has 106 valence electrons. The number of thiophene rings is 1. The van der Waals surface area contributed by atoms with Crippen LogP contribution in [0.4, 0.5) is 0 Å². The summed E-state index contributed by atoms with van der Waals surface area (Å²) in [6, 6.07) is 5.33. The van der Waals surface area contributed by atoms with Gasteiger partial charge in [0.2, 0.25) is 0 Å². The summed E-state index contributed by atoms with van der Waals surface area (Å²) >= 11 is 1.50. The lowest BCUT2D eigenvalue weighted by Crippen LogP contribution is -2.41. The molecular formula is C13H14N2O4S. The minimum Gasteiger partial charge on any atom is -0.472 e. The summed E-state index contributed by atoms with van der Waals surface area (Å²) in [5.74, 6) is -1.50. The van der Waals surface area contributed by atoms with E-state index >= 15 is 0 Å². The highest BCUT2D eigenvalue weighted by atomic mass is 32.1. The molecule has 0 bridgehead atoms. The second-order valence-electron chi connectivity index (χ2n) is 4.04. The number of carbonyl (C=O) groups is 2. The van der Waals surface area contributed by atoms with Crippen molar-refractivity contribution >= 4 is 23.2 Å². The number of rotatable bonds is 5. The molecule has 1 atom stereocenters. The van der Waals surface area contributed by atoms with Crippen LogP contribution in [-0.4, -0.2) is 23.5 Å². The molecule has 0 aliphatic carbocycles. The van der Waals surface area contributed by atoms with Crippen LogP contribution in [0.1, 0.15) is 16.5 Å². The highest BCUT2D eigenvalue weighted by Crippen LogP contribution is 2.11. The van der Waals surface area contributed by atoms with Crippen LogP contribution in [0.2, 0.25) is 0 Å². The Kier molecular flexibility index (Phi) is 4.91. The lowest BCUT2D eigenvalue weighted by molar-refractivity contribution is -0.139. The number of carbonyl (C=O) groups excluding carboxylic acids is 2. The summed E-state index contributed by atoms with van der Waals surface area (Å²) in [5, 5.41) is 16.5. The van der Waals surface area contributed by atoms with E-state index < -0.39 is 17.9 Å². The molecule has 0 aliphatic heterocycles. The topological polar surface area (TPSA) is 91.6 Å². The molecule has 2 heterocycles. The Morgan fingerprint density at radius 1 is 1.30 bits per heavy atom. The molecule has 3 N–H and O–H groups in total. The van der Waals surface area contributed by atoms with E-state index in [4.69, 9.17) is 4.42 Å². The molecule has 0 spiro atoms. The smallest absolute Gasteiger partial charge is 0.309 e. The van der Waals surface area contributed by atoms with E-state index in [0.29, 0.717) is 12.1 Å². The van der Waals surface area contributed by atoms with Crippen LogP contribution >= 0.6 is 11.3 Å². The molecule has 2 aromatic rings. The summed E-state index contributed by atoms with van der Waals surface area (Å²) in [4.78, 5) is 24.0. The van der Waals surface area contributed by atoms with Gasteiger partial charge in [0.1, 0.15) is 0 Å². The molecule has 0 aliphatic rings. The van der Waals surface area contributed by atoms with Gasteiger partial charge in [0, 0.05) is 17.0 Å². The number of aliphatic hydroxyl groups excluding tert-OH is 1. The zero-order valence-electron chi connectivity index (χ0n) is 10.5. The monoisotopic (exact) mass is 294 g/mol. The van der Waals surface area contributed by atoms with Crippen LogP contribution in [0.15, 0.2) is 40.5 Å². The van der Waals surface area contributed by atoms with Crippen molar-refractivity contribution in [1.82, 2.24) is 10.6 Å². The Morgan fingerprint density at radius 2 is 2.10 bits per heavy atom. The lowest BCUT2D eigenvalue weighted by Gasteiger charge is -2.09. The van der Waals surface area contributed by atoms with E-state index in [0.717, 1.165) is 4.88 Å². The summed E-state index contributed by atoms with van der Waals surface area (Å²) in [7, 11) is 0. The standard InChI is InChI=1S/C13H14N2O4S/c16-11(9-3-4-19-8-9)7-15-13(18)12(17)14-6-10-2-1-5-20-10/h1-5,8,11,16H,6-7H2,(H,14,17)(H,15,18). The molecule has 0 aromatic carbocycles. The molecule has 0 saturated carbocycles. The van der Waals surface area contributed by atoms with Crippen molar-refractivity contribution in [2.75, 3.05) is 6.54 Å². The van der Waals surface area contributed by atoms with Crippen LogP contribution in [-0.2, 0) is 16.1 Å². The average Bonchev–Trinajstić information content (AvgIpc) is 3.13. The molecular weight excluding hydrogens is 280 g/mol. The van der Waals surface area contributed by atoms with Gasteiger partial charge in [-0.15, -0.1) is 11.3 Å². The van der Waals surface area contributed by atoms with E-state index in [1.165, 1.54) is 23.9 Å². The van der Waals surface area contributed by atoms with Crippen molar-refractivity contribution in [3.8, 4) is 0 Å². The van der Waals surface area contributed by atoms with E-state index in [2.05, 4.69) is 10.6 Å². The van der Waals surface area contributed by atoms with Gasteiger partial charge in [-0.3, -0.25) is 9.59 Å². The number of nitrogens with one attached hydrogen (secondary N) is 2. The van der Waals surface area contributed by atoms with Crippen molar-refractivity contribution < 1.29 is 19.1 Å². The SMILES string of the molecule is O=C(NCc1cccs1)C(=O)NCC(O)c1ccoc1. The van der Waals surface area contributed by atoms with E-state index in [1.54, 1.807) is 6.07 Å². The van der Waals surface area contributed by atoms with Gasteiger partial charge in [-0.25, -0.2) is 0 Å². The van der Waals surface area contributed by atoms with Gasteiger partial charge >= 0.3 is 11.8 Å². The quantitative estimate of drug-likeness (QED) is 0.712. The van der Waals surface area contributed by atoms with Crippen LogP contribution in [0, 0.1) is 0 Å². The van der Waals surface area contributed by atoms with E-state index in [-0.39, 0.29) is 6.54 Å². The molecule has 2 aromatic heterocycles. The average molecular weight is 294 g/mol. The summed E-state index contributed by atoms with van der Waals surface area (Å²) in [6.07, 6.45) is 1.91.